The number of allylic oxidation sites excluding steroid dienone is 2. The molecule has 2 nitrogen and oxygen atoms in total. The second kappa shape index (κ2) is 9.97. The van der Waals surface area contributed by atoms with Crippen molar-refractivity contribution >= 4 is 24.3 Å². The first-order valence-corrected chi connectivity index (χ1v) is 6.46. The van der Waals surface area contributed by atoms with E-state index in [0.29, 0.717) is 11.7 Å². The van der Waals surface area contributed by atoms with Crippen LogP contribution in [-0.2, 0) is 9.59 Å². The van der Waals surface area contributed by atoms with Gasteiger partial charge in [-0.1, -0.05) is 26.0 Å². The van der Waals surface area contributed by atoms with Gasteiger partial charge in [-0.05, 0) is 25.0 Å². The van der Waals surface area contributed by atoms with E-state index in [1.807, 2.05) is 11.8 Å². The summed E-state index contributed by atoms with van der Waals surface area (Å²) in [5.41, 5.74) is 0. The third-order valence-electron chi connectivity index (χ3n) is 2.10. The molecule has 0 rings (SSSR count). The molecule has 86 valence electrons. The lowest BCUT2D eigenvalue weighted by atomic mass is 10.1. The number of carbonyl (C=O) groups excluding carboxylic acids is 2. The molecule has 0 saturated carbocycles. The van der Waals surface area contributed by atoms with Crippen molar-refractivity contribution in [3.05, 3.63) is 12.2 Å². The lowest BCUT2D eigenvalue weighted by Crippen LogP contribution is -2.01. The van der Waals surface area contributed by atoms with Crippen LogP contribution in [0.15, 0.2) is 12.2 Å². The lowest BCUT2D eigenvalue weighted by Gasteiger charge is -2.05. The predicted octanol–water partition coefficient (Wildman–Crippen LogP) is 2.87. The van der Waals surface area contributed by atoms with Gasteiger partial charge in [-0.3, -0.25) is 0 Å². The molecule has 0 fully saturated rings. The van der Waals surface area contributed by atoms with E-state index < -0.39 is 5.92 Å². The summed E-state index contributed by atoms with van der Waals surface area (Å²) in [4.78, 5) is 20.7. The van der Waals surface area contributed by atoms with Crippen molar-refractivity contribution in [2.75, 3.05) is 5.75 Å². The van der Waals surface area contributed by atoms with Gasteiger partial charge in [0.1, 0.15) is 12.6 Å². The summed E-state index contributed by atoms with van der Waals surface area (Å²) in [6, 6.07) is 0. The van der Waals surface area contributed by atoms with Crippen molar-refractivity contribution in [1.29, 1.82) is 0 Å². The molecule has 0 saturated heterocycles. The SMILES string of the molecule is CCSC(C)CC=CCCC(C=O)C=O. The Balaban J connectivity index is 3.53. The molecule has 0 amide bonds. The largest absolute Gasteiger partial charge is 0.303 e. The van der Waals surface area contributed by atoms with Gasteiger partial charge in [-0.15, -0.1) is 0 Å². The Hall–Kier alpha value is -0.570. The molecule has 0 aliphatic carbocycles. The minimum absolute atomic E-state index is 0.419. The van der Waals surface area contributed by atoms with Gasteiger partial charge in [-0.2, -0.15) is 11.8 Å². The van der Waals surface area contributed by atoms with E-state index in [4.69, 9.17) is 0 Å². The van der Waals surface area contributed by atoms with E-state index in [2.05, 4.69) is 26.0 Å². The smallest absolute Gasteiger partial charge is 0.130 e. The van der Waals surface area contributed by atoms with Crippen LogP contribution in [0.25, 0.3) is 0 Å². The highest BCUT2D eigenvalue weighted by atomic mass is 32.2. The zero-order chi connectivity index (χ0) is 11.5. The minimum Gasteiger partial charge on any atom is -0.303 e. The summed E-state index contributed by atoms with van der Waals surface area (Å²) in [5.74, 6) is 0.727. The quantitative estimate of drug-likeness (QED) is 0.346. The van der Waals surface area contributed by atoms with Crippen molar-refractivity contribution in [1.82, 2.24) is 0 Å². The van der Waals surface area contributed by atoms with Crippen LogP contribution >= 0.6 is 11.8 Å². The van der Waals surface area contributed by atoms with Gasteiger partial charge in [0.05, 0.1) is 5.92 Å². The Bertz CT molecular complexity index is 194. The fraction of sp³-hybridized carbons (Fsp3) is 0.667. The standard InChI is InChI=1S/C12H20O2S/c1-3-15-11(2)7-5-4-6-8-12(9-13)10-14/h4-5,9-12H,3,6-8H2,1-2H3. The normalized spacial score (nSPS) is 13.3. The zero-order valence-electron chi connectivity index (χ0n) is 9.52. The first kappa shape index (κ1) is 14.4. The van der Waals surface area contributed by atoms with E-state index in [9.17, 15) is 9.59 Å². The summed E-state index contributed by atoms with van der Waals surface area (Å²) in [7, 11) is 0. The fourth-order valence-corrected chi connectivity index (χ4v) is 2.03. The van der Waals surface area contributed by atoms with Gasteiger partial charge < -0.3 is 9.59 Å². The summed E-state index contributed by atoms with van der Waals surface area (Å²) in [6.45, 7) is 4.36. The van der Waals surface area contributed by atoms with Crippen LogP contribution in [0.3, 0.4) is 0 Å². The number of aldehydes is 2. The predicted molar refractivity (Wildman–Crippen MR) is 66.2 cm³/mol. The molecule has 0 N–H and O–H groups in total. The average molecular weight is 228 g/mol. The third-order valence-corrected chi connectivity index (χ3v) is 3.20. The van der Waals surface area contributed by atoms with Crippen molar-refractivity contribution in [2.24, 2.45) is 5.92 Å². The van der Waals surface area contributed by atoms with E-state index in [0.717, 1.165) is 31.2 Å². The van der Waals surface area contributed by atoms with Gasteiger partial charge in [0, 0.05) is 5.25 Å². The zero-order valence-corrected chi connectivity index (χ0v) is 10.3. The molecule has 1 unspecified atom stereocenters. The average Bonchev–Trinajstić information content (AvgIpc) is 2.24. The van der Waals surface area contributed by atoms with Crippen LogP contribution < -0.4 is 0 Å². The number of carbonyl (C=O) groups is 2. The van der Waals surface area contributed by atoms with Crippen molar-refractivity contribution in [2.45, 2.75) is 38.4 Å². The van der Waals surface area contributed by atoms with Crippen molar-refractivity contribution in [3.63, 3.8) is 0 Å². The molecule has 0 heterocycles. The fourth-order valence-electron chi connectivity index (χ4n) is 1.22. The molecule has 0 spiro atoms. The first-order valence-electron chi connectivity index (χ1n) is 5.41. The first-order chi connectivity index (χ1) is 7.24. The minimum atomic E-state index is -0.419. The topological polar surface area (TPSA) is 34.1 Å². The van der Waals surface area contributed by atoms with E-state index in [1.165, 1.54) is 0 Å². The maximum absolute atomic E-state index is 10.3. The van der Waals surface area contributed by atoms with Gasteiger partial charge >= 0.3 is 0 Å². The maximum Gasteiger partial charge on any atom is 0.130 e. The summed E-state index contributed by atoms with van der Waals surface area (Å²) >= 11 is 1.94. The van der Waals surface area contributed by atoms with Crippen LogP contribution in [0.5, 0.6) is 0 Å². The molecule has 0 aliphatic rings. The highest BCUT2D eigenvalue weighted by Gasteiger charge is 2.02. The summed E-state index contributed by atoms with van der Waals surface area (Å²) in [6.07, 6.45) is 8.15. The molecule has 15 heavy (non-hydrogen) atoms. The van der Waals surface area contributed by atoms with Crippen molar-refractivity contribution < 1.29 is 9.59 Å². The van der Waals surface area contributed by atoms with Crippen LogP contribution in [0.4, 0.5) is 0 Å². The molecular weight excluding hydrogens is 208 g/mol. The van der Waals surface area contributed by atoms with E-state index >= 15 is 0 Å². The molecule has 0 bridgehead atoms. The van der Waals surface area contributed by atoms with Gasteiger partial charge in [0.2, 0.25) is 0 Å². The Morgan fingerprint density at radius 2 is 1.87 bits per heavy atom. The van der Waals surface area contributed by atoms with Gasteiger partial charge in [0.15, 0.2) is 0 Å². The number of hydrogen-bond donors (Lipinski definition) is 0. The van der Waals surface area contributed by atoms with Crippen LogP contribution in [0, 0.1) is 5.92 Å². The van der Waals surface area contributed by atoms with E-state index in [1.54, 1.807) is 0 Å². The Kier molecular flexibility index (Phi) is 9.59. The summed E-state index contributed by atoms with van der Waals surface area (Å²) in [5, 5.41) is 0.652. The number of thioether (sulfide) groups is 1. The summed E-state index contributed by atoms with van der Waals surface area (Å²) < 4.78 is 0. The monoisotopic (exact) mass is 228 g/mol. The van der Waals surface area contributed by atoms with Gasteiger partial charge in [0.25, 0.3) is 0 Å². The molecule has 0 aromatic heterocycles. The van der Waals surface area contributed by atoms with Gasteiger partial charge in [-0.25, -0.2) is 0 Å². The molecular formula is C12H20O2S. The molecule has 0 aliphatic heterocycles. The Labute approximate surface area is 96.5 Å². The van der Waals surface area contributed by atoms with Crippen LogP contribution in [0.2, 0.25) is 0 Å². The molecule has 1 atom stereocenters. The van der Waals surface area contributed by atoms with Crippen molar-refractivity contribution in [3.8, 4) is 0 Å². The molecule has 3 heteroatoms. The van der Waals surface area contributed by atoms with E-state index in [-0.39, 0.29) is 0 Å². The molecule has 0 aromatic rings. The highest BCUT2D eigenvalue weighted by Crippen LogP contribution is 2.13. The second-order valence-electron chi connectivity index (χ2n) is 3.49. The second-order valence-corrected chi connectivity index (χ2v) is 5.20. The van der Waals surface area contributed by atoms with Crippen LogP contribution in [-0.4, -0.2) is 23.6 Å². The van der Waals surface area contributed by atoms with Crippen LogP contribution in [0.1, 0.15) is 33.1 Å². The number of hydrogen-bond acceptors (Lipinski definition) is 3. The Morgan fingerprint density at radius 1 is 1.20 bits per heavy atom. The lowest BCUT2D eigenvalue weighted by molar-refractivity contribution is -0.119. The third kappa shape index (κ3) is 8.43. The highest BCUT2D eigenvalue weighted by molar-refractivity contribution is 7.99. The number of rotatable bonds is 9. The molecule has 0 radical (unpaired) electrons. The molecule has 0 aromatic carbocycles. The maximum atomic E-state index is 10.3. The Morgan fingerprint density at radius 3 is 2.40 bits per heavy atom.